The summed E-state index contributed by atoms with van der Waals surface area (Å²) in [6.07, 6.45) is 2.03. The highest BCUT2D eigenvalue weighted by atomic mass is 32.1. The Bertz CT molecular complexity index is 1200. The van der Waals surface area contributed by atoms with Crippen LogP contribution in [0.15, 0.2) is 54.7 Å². The Morgan fingerprint density at radius 1 is 1.03 bits per heavy atom. The average Bonchev–Trinajstić information content (AvgIpc) is 3.15. The first-order chi connectivity index (χ1) is 14.9. The SMILES string of the molecule is COc1ccc(CC(=O)N(Cc2ccccn2)c2nc3cc(C)c(C)cc3s2)cc1C. The number of aromatic nitrogens is 2. The van der Waals surface area contributed by atoms with Gasteiger partial charge in [0.25, 0.3) is 0 Å². The van der Waals surface area contributed by atoms with Gasteiger partial charge in [0.05, 0.1) is 36.0 Å². The summed E-state index contributed by atoms with van der Waals surface area (Å²) in [6, 6.07) is 15.8. The lowest BCUT2D eigenvalue weighted by molar-refractivity contribution is -0.118. The van der Waals surface area contributed by atoms with Gasteiger partial charge < -0.3 is 4.74 Å². The van der Waals surface area contributed by atoms with Crippen LogP contribution in [0.25, 0.3) is 10.2 Å². The van der Waals surface area contributed by atoms with Crippen molar-refractivity contribution in [2.24, 2.45) is 0 Å². The molecule has 2 aromatic heterocycles. The van der Waals surface area contributed by atoms with Gasteiger partial charge in [-0.2, -0.15) is 0 Å². The number of ether oxygens (including phenoxy) is 1. The van der Waals surface area contributed by atoms with Gasteiger partial charge in [-0.1, -0.05) is 29.5 Å². The number of thiazole rings is 1. The van der Waals surface area contributed by atoms with Gasteiger partial charge in [0.15, 0.2) is 5.13 Å². The van der Waals surface area contributed by atoms with E-state index in [1.807, 2.05) is 43.3 Å². The van der Waals surface area contributed by atoms with Crippen molar-refractivity contribution >= 4 is 32.6 Å². The van der Waals surface area contributed by atoms with E-state index in [4.69, 9.17) is 9.72 Å². The van der Waals surface area contributed by atoms with Crippen LogP contribution in [0.1, 0.15) is 27.9 Å². The first kappa shape index (κ1) is 21.0. The first-order valence-corrected chi connectivity index (χ1v) is 11.0. The number of methoxy groups -OCH3 is 1. The van der Waals surface area contributed by atoms with E-state index >= 15 is 0 Å². The number of rotatable bonds is 6. The highest BCUT2D eigenvalue weighted by Gasteiger charge is 2.21. The van der Waals surface area contributed by atoms with Crippen molar-refractivity contribution in [1.29, 1.82) is 0 Å². The normalized spacial score (nSPS) is 11.0. The van der Waals surface area contributed by atoms with Crippen LogP contribution in [0.3, 0.4) is 0 Å². The quantitative estimate of drug-likeness (QED) is 0.410. The minimum absolute atomic E-state index is 0.0114. The number of carbonyl (C=O) groups excluding carboxylic acids is 1. The lowest BCUT2D eigenvalue weighted by atomic mass is 10.1. The van der Waals surface area contributed by atoms with Crippen LogP contribution >= 0.6 is 11.3 Å². The van der Waals surface area contributed by atoms with Gasteiger partial charge in [-0.15, -0.1) is 0 Å². The molecule has 0 saturated heterocycles. The molecule has 5 nitrogen and oxygen atoms in total. The number of amides is 1. The number of benzene rings is 2. The number of pyridine rings is 1. The molecule has 158 valence electrons. The van der Waals surface area contributed by atoms with Gasteiger partial charge in [0.2, 0.25) is 5.91 Å². The summed E-state index contributed by atoms with van der Waals surface area (Å²) >= 11 is 1.54. The fraction of sp³-hybridized carbons (Fsp3) is 0.240. The van der Waals surface area contributed by atoms with Crippen LogP contribution in [-0.2, 0) is 17.8 Å². The molecule has 1 amide bonds. The maximum absolute atomic E-state index is 13.4. The van der Waals surface area contributed by atoms with Crippen molar-refractivity contribution < 1.29 is 9.53 Å². The standard InChI is InChI=1S/C25H25N3O2S/c1-16-12-21-23(13-17(16)2)31-25(27-21)28(15-20-7-5-6-10-26-20)24(29)14-19-8-9-22(30-4)18(3)11-19/h5-13H,14-15H2,1-4H3. The summed E-state index contributed by atoms with van der Waals surface area (Å²) in [6.45, 7) is 6.54. The Labute approximate surface area is 186 Å². The first-order valence-electron chi connectivity index (χ1n) is 10.2. The van der Waals surface area contributed by atoms with E-state index in [2.05, 4.69) is 31.0 Å². The predicted molar refractivity (Wildman–Crippen MR) is 126 cm³/mol. The minimum Gasteiger partial charge on any atom is -0.496 e. The van der Waals surface area contributed by atoms with Crippen LogP contribution in [0.5, 0.6) is 5.75 Å². The molecule has 0 spiro atoms. The van der Waals surface area contributed by atoms with E-state index in [0.717, 1.165) is 32.8 Å². The number of nitrogens with zero attached hydrogens (tertiary/aromatic N) is 3. The van der Waals surface area contributed by atoms with Gasteiger partial charge in [-0.3, -0.25) is 14.7 Å². The number of fused-ring (bicyclic) bond motifs is 1. The Hall–Kier alpha value is -3.25. The second-order valence-electron chi connectivity index (χ2n) is 7.68. The average molecular weight is 432 g/mol. The van der Waals surface area contributed by atoms with Crippen LogP contribution in [0, 0.1) is 20.8 Å². The van der Waals surface area contributed by atoms with E-state index < -0.39 is 0 Å². The van der Waals surface area contributed by atoms with E-state index in [1.54, 1.807) is 29.5 Å². The molecular formula is C25H25N3O2S. The summed E-state index contributed by atoms with van der Waals surface area (Å²) in [5, 5.41) is 0.695. The summed E-state index contributed by atoms with van der Waals surface area (Å²) in [4.78, 5) is 24.4. The zero-order valence-corrected chi connectivity index (χ0v) is 19.0. The van der Waals surface area contributed by atoms with Crippen LogP contribution in [0.2, 0.25) is 0 Å². The third-order valence-electron chi connectivity index (χ3n) is 5.39. The lowest BCUT2D eigenvalue weighted by Crippen LogP contribution is -2.32. The number of hydrogen-bond acceptors (Lipinski definition) is 5. The largest absolute Gasteiger partial charge is 0.496 e. The molecule has 0 unspecified atom stereocenters. The molecule has 0 bridgehead atoms. The molecule has 0 radical (unpaired) electrons. The Morgan fingerprint density at radius 3 is 2.55 bits per heavy atom. The van der Waals surface area contributed by atoms with Gasteiger partial charge >= 0.3 is 0 Å². The molecule has 31 heavy (non-hydrogen) atoms. The molecule has 0 atom stereocenters. The van der Waals surface area contributed by atoms with Gasteiger partial charge in [0.1, 0.15) is 5.75 Å². The molecule has 4 rings (SSSR count). The van der Waals surface area contributed by atoms with E-state index in [0.29, 0.717) is 11.7 Å². The molecule has 0 fully saturated rings. The van der Waals surface area contributed by atoms with Crippen molar-refractivity contribution in [1.82, 2.24) is 9.97 Å². The van der Waals surface area contributed by atoms with Gasteiger partial charge in [0, 0.05) is 6.20 Å². The summed E-state index contributed by atoms with van der Waals surface area (Å²) in [5.41, 5.74) is 6.12. The molecule has 2 heterocycles. The summed E-state index contributed by atoms with van der Waals surface area (Å²) in [5.74, 6) is 0.807. The Morgan fingerprint density at radius 2 is 1.84 bits per heavy atom. The maximum atomic E-state index is 13.4. The van der Waals surface area contributed by atoms with E-state index in [1.165, 1.54) is 11.1 Å². The molecule has 0 N–H and O–H groups in total. The Kier molecular flexibility index (Phi) is 6.00. The van der Waals surface area contributed by atoms with E-state index in [-0.39, 0.29) is 12.3 Å². The molecule has 0 aliphatic heterocycles. The van der Waals surface area contributed by atoms with Crippen LogP contribution < -0.4 is 9.64 Å². The van der Waals surface area contributed by atoms with Crippen molar-refractivity contribution in [3.63, 3.8) is 0 Å². The molecule has 4 aromatic rings. The highest BCUT2D eigenvalue weighted by Crippen LogP contribution is 2.32. The van der Waals surface area contributed by atoms with Crippen molar-refractivity contribution in [2.75, 3.05) is 12.0 Å². The molecule has 6 heteroatoms. The third kappa shape index (κ3) is 4.59. The molecule has 0 saturated carbocycles. The molecular weight excluding hydrogens is 406 g/mol. The maximum Gasteiger partial charge on any atom is 0.233 e. The van der Waals surface area contributed by atoms with Crippen LogP contribution in [0.4, 0.5) is 5.13 Å². The summed E-state index contributed by atoms with van der Waals surface area (Å²) < 4.78 is 6.42. The van der Waals surface area contributed by atoms with Gasteiger partial charge in [-0.25, -0.2) is 4.98 Å². The predicted octanol–water partition coefficient (Wildman–Crippen LogP) is 5.40. The molecule has 2 aromatic carbocycles. The number of aryl methyl sites for hydroxylation is 3. The monoisotopic (exact) mass is 431 g/mol. The van der Waals surface area contributed by atoms with E-state index in [9.17, 15) is 4.79 Å². The number of hydrogen-bond donors (Lipinski definition) is 0. The minimum atomic E-state index is -0.0114. The van der Waals surface area contributed by atoms with Crippen LogP contribution in [-0.4, -0.2) is 23.0 Å². The van der Waals surface area contributed by atoms with Crippen molar-refractivity contribution in [3.05, 3.63) is 82.7 Å². The molecule has 0 aliphatic rings. The zero-order valence-electron chi connectivity index (χ0n) is 18.2. The van der Waals surface area contributed by atoms with Crippen molar-refractivity contribution in [2.45, 2.75) is 33.7 Å². The number of carbonyl (C=O) groups is 1. The smallest absolute Gasteiger partial charge is 0.233 e. The topological polar surface area (TPSA) is 55.3 Å². The Balaban J connectivity index is 1.68. The second kappa shape index (κ2) is 8.86. The lowest BCUT2D eigenvalue weighted by Gasteiger charge is -2.20. The fourth-order valence-corrected chi connectivity index (χ4v) is 4.58. The highest BCUT2D eigenvalue weighted by molar-refractivity contribution is 7.22. The second-order valence-corrected chi connectivity index (χ2v) is 8.69. The number of anilines is 1. The molecule has 0 aliphatic carbocycles. The van der Waals surface area contributed by atoms with Gasteiger partial charge in [-0.05, 0) is 73.4 Å². The fourth-order valence-electron chi connectivity index (χ4n) is 3.52. The van der Waals surface area contributed by atoms with Crippen molar-refractivity contribution in [3.8, 4) is 5.75 Å². The zero-order chi connectivity index (χ0) is 22.0. The third-order valence-corrected chi connectivity index (χ3v) is 6.43. The summed E-state index contributed by atoms with van der Waals surface area (Å²) in [7, 11) is 1.65.